The molecule has 2 aromatic carbocycles. The number of alkyl halides is 1. The van der Waals surface area contributed by atoms with Crippen LogP contribution in [-0.4, -0.2) is 10.7 Å². The highest BCUT2D eigenvalue weighted by molar-refractivity contribution is 9.10. The first-order chi connectivity index (χ1) is 11.8. The Kier molecular flexibility index (Phi) is 4.67. The van der Waals surface area contributed by atoms with E-state index >= 15 is 0 Å². The second-order valence-electron chi connectivity index (χ2n) is 4.84. The summed E-state index contributed by atoms with van der Waals surface area (Å²) in [7, 11) is 0. The van der Waals surface area contributed by atoms with Gasteiger partial charge in [0.05, 0.1) is 0 Å². The summed E-state index contributed by atoms with van der Waals surface area (Å²) in [5.41, 5.74) is 0. The van der Waals surface area contributed by atoms with Gasteiger partial charge in [-0.25, -0.2) is 17.6 Å². The minimum absolute atomic E-state index is 0.0938. The highest BCUT2D eigenvalue weighted by Gasteiger charge is 2.31. The molecule has 0 saturated heterocycles. The highest BCUT2D eigenvalue weighted by atomic mass is 79.9. The van der Waals surface area contributed by atoms with Gasteiger partial charge in [-0.2, -0.15) is 4.99 Å². The van der Waals surface area contributed by atoms with E-state index in [-0.39, 0.29) is 17.4 Å². The van der Waals surface area contributed by atoms with Crippen LogP contribution in [0.4, 0.5) is 17.6 Å². The molecule has 0 amide bonds. The van der Waals surface area contributed by atoms with Crippen molar-refractivity contribution in [1.29, 1.82) is 0 Å². The lowest BCUT2D eigenvalue weighted by atomic mass is 10.3. The fourth-order valence-electron chi connectivity index (χ4n) is 1.91. The lowest BCUT2D eigenvalue weighted by molar-refractivity contribution is 0.150. The molecule has 0 fully saturated rings. The fourth-order valence-corrected chi connectivity index (χ4v) is 2.39. The monoisotopic (exact) mass is 416 g/mol. The molecule has 1 aliphatic rings. The number of ether oxygens (including phenoxy) is 2. The van der Waals surface area contributed by atoms with Crippen LogP contribution in [0.1, 0.15) is 0 Å². The Hall–Kier alpha value is -2.55. The molecule has 2 aromatic rings. The Labute approximate surface area is 147 Å². The van der Waals surface area contributed by atoms with Crippen molar-refractivity contribution in [2.45, 2.75) is 4.76 Å². The van der Waals surface area contributed by atoms with Crippen LogP contribution >= 0.6 is 15.9 Å². The molecule has 0 aliphatic carbocycles. The van der Waals surface area contributed by atoms with Crippen molar-refractivity contribution in [1.82, 2.24) is 5.32 Å². The van der Waals surface area contributed by atoms with Crippen LogP contribution in [0.2, 0.25) is 0 Å². The molecule has 4 nitrogen and oxygen atoms in total. The number of rotatable bonds is 3. The summed E-state index contributed by atoms with van der Waals surface area (Å²) in [6, 6.07) is 5.53. The van der Waals surface area contributed by atoms with Crippen LogP contribution in [0, 0.1) is 23.3 Å². The second kappa shape index (κ2) is 6.75. The first-order valence-corrected chi connectivity index (χ1v) is 7.64. The quantitative estimate of drug-likeness (QED) is 0.462. The maximum Gasteiger partial charge on any atom is 0.341 e. The molecule has 1 N–H and O–H groups in total. The standard InChI is InChI=1S/C16H9BrF4N2O2/c17-16(25-14-4-2-10(19)8-12(14)21)22-6-5-15(23-16)24-13-3-1-9(18)7-11(13)20/h1-8,22H. The third kappa shape index (κ3) is 4.11. The molecule has 0 saturated carbocycles. The fraction of sp³-hybridized carbons (Fsp3) is 0.0625. The first kappa shape index (κ1) is 17.3. The third-order valence-corrected chi connectivity index (χ3v) is 3.56. The van der Waals surface area contributed by atoms with Crippen molar-refractivity contribution in [2.24, 2.45) is 4.99 Å². The molecular formula is C16H9BrF4N2O2. The molecule has 3 rings (SSSR count). The van der Waals surface area contributed by atoms with Crippen molar-refractivity contribution in [2.75, 3.05) is 0 Å². The molecule has 1 atom stereocenters. The zero-order valence-corrected chi connectivity index (χ0v) is 13.9. The van der Waals surface area contributed by atoms with Crippen molar-refractivity contribution in [3.63, 3.8) is 0 Å². The van der Waals surface area contributed by atoms with Crippen LogP contribution in [0.25, 0.3) is 0 Å². The second-order valence-corrected chi connectivity index (χ2v) is 5.92. The summed E-state index contributed by atoms with van der Waals surface area (Å²) >= 11 is 3.10. The van der Waals surface area contributed by atoms with Gasteiger partial charge in [-0.15, -0.1) is 0 Å². The van der Waals surface area contributed by atoms with E-state index in [1.54, 1.807) is 0 Å². The van der Waals surface area contributed by atoms with Crippen LogP contribution in [0.5, 0.6) is 11.5 Å². The number of benzene rings is 2. The number of halogens is 5. The average molecular weight is 417 g/mol. The van der Waals surface area contributed by atoms with Gasteiger partial charge in [0, 0.05) is 40.3 Å². The van der Waals surface area contributed by atoms with Crippen molar-refractivity contribution < 1.29 is 27.0 Å². The van der Waals surface area contributed by atoms with Gasteiger partial charge < -0.3 is 14.8 Å². The summed E-state index contributed by atoms with van der Waals surface area (Å²) < 4.78 is 62.1. The molecule has 0 aromatic heterocycles. The minimum atomic E-state index is -1.66. The van der Waals surface area contributed by atoms with Crippen molar-refractivity contribution in [3.05, 3.63) is 71.9 Å². The largest absolute Gasteiger partial charge is 0.436 e. The van der Waals surface area contributed by atoms with Gasteiger partial charge >= 0.3 is 4.76 Å². The molecule has 25 heavy (non-hydrogen) atoms. The predicted molar refractivity (Wildman–Crippen MR) is 85.3 cm³/mol. The van der Waals surface area contributed by atoms with Gasteiger partial charge in [-0.3, -0.25) is 0 Å². The summed E-state index contributed by atoms with van der Waals surface area (Å²) in [4.78, 5) is 4.00. The van der Waals surface area contributed by atoms with Gasteiger partial charge in [0.15, 0.2) is 23.1 Å². The van der Waals surface area contributed by atoms with Gasteiger partial charge in [-0.1, -0.05) is 0 Å². The predicted octanol–water partition coefficient (Wildman–Crippen LogP) is 4.22. The maximum absolute atomic E-state index is 13.7. The van der Waals surface area contributed by atoms with Crippen LogP contribution in [0.3, 0.4) is 0 Å². The topological polar surface area (TPSA) is 42.9 Å². The third-order valence-electron chi connectivity index (χ3n) is 2.99. The van der Waals surface area contributed by atoms with E-state index < -0.39 is 28.0 Å². The smallest absolute Gasteiger partial charge is 0.341 e. The number of hydrogen-bond acceptors (Lipinski definition) is 4. The van der Waals surface area contributed by atoms with Crippen molar-refractivity contribution in [3.8, 4) is 11.5 Å². The van der Waals surface area contributed by atoms with Gasteiger partial charge in [-0.05, 0) is 24.3 Å². The van der Waals surface area contributed by atoms with Gasteiger partial charge in [0.1, 0.15) is 11.6 Å². The zero-order chi connectivity index (χ0) is 18.0. The van der Waals surface area contributed by atoms with E-state index in [9.17, 15) is 17.6 Å². The molecule has 0 radical (unpaired) electrons. The summed E-state index contributed by atoms with van der Waals surface area (Å²) in [5, 5.41) is 2.66. The Morgan fingerprint density at radius 2 is 1.52 bits per heavy atom. The molecule has 0 spiro atoms. The molecule has 9 heteroatoms. The van der Waals surface area contributed by atoms with Crippen LogP contribution in [0.15, 0.2) is 53.7 Å². The number of nitrogens with one attached hydrogen (secondary N) is 1. The van der Waals surface area contributed by atoms with Crippen LogP contribution < -0.4 is 14.8 Å². The lowest BCUT2D eigenvalue weighted by Crippen LogP contribution is -2.43. The van der Waals surface area contributed by atoms with E-state index in [1.807, 2.05) is 0 Å². The Bertz CT molecular complexity index is 875. The Balaban J connectivity index is 1.81. The Morgan fingerprint density at radius 1 is 0.920 bits per heavy atom. The number of nitrogens with zero attached hydrogens (tertiary/aromatic N) is 1. The normalized spacial score (nSPS) is 19.2. The number of aliphatic imine (C=N–C) groups is 1. The molecular weight excluding hydrogens is 408 g/mol. The van der Waals surface area contributed by atoms with E-state index in [4.69, 9.17) is 9.47 Å². The highest BCUT2D eigenvalue weighted by Crippen LogP contribution is 2.28. The zero-order valence-electron chi connectivity index (χ0n) is 12.3. The number of hydrogen-bond donors (Lipinski definition) is 1. The summed E-state index contributed by atoms with van der Waals surface area (Å²) in [5.74, 6) is -3.99. The van der Waals surface area contributed by atoms with E-state index in [0.29, 0.717) is 12.1 Å². The minimum Gasteiger partial charge on any atom is -0.436 e. The molecule has 1 heterocycles. The van der Waals surface area contributed by atoms with Gasteiger partial charge in [0.2, 0.25) is 5.90 Å². The summed E-state index contributed by atoms with van der Waals surface area (Å²) in [6.07, 6.45) is 2.71. The first-order valence-electron chi connectivity index (χ1n) is 6.85. The SMILES string of the molecule is Fc1ccc(OC2=NC(Br)(Oc3ccc(F)cc3F)NC=C2)c(F)c1. The summed E-state index contributed by atoms with van der Waals surface area (Å²) in [6.45, 7) is 0. The maximum atomic E-state index is 13.7. The molecule has 1 unspecified atom stereocenters. The lowest BCUT2D eigenvalue weighted by Gasteiger charge is -2.27. The average Bonchev–Trinajstić information content (AvgIpc) is 2.53. The van der Waals surface area contributed by atoms with Crippen LogP contribution in [-0.2, 0) is 0 Å². The van der Waals surface area contributed by atoms with Crippen molar-refractivity contribution >= 4 is 21.8 Å². The van der Waals surface area contributed by atoms with Gasteiger partial charge in [0.25, 0.3) is 0 Å². The van der Waals surface area contributed by atoms with E-state index in [1.165, 1.54) is 12.3 Å². The van der Waals surface area contributed by atoms with E-state index in [2.05, 4.69) is 26.2 Å². The Morgan fingerprint density at radius 3 is 2.12 bits per heavy atom. The molecule has 130 valence electrons. The molecule has 1 aliphatic heterocycles. The van der Waals surface area contributed by atoms with E-state index in [0.717, 1.165) is 24.3 Å². The molecule has 0 bridgehead atoms.